The molecular weight excluding hydrogens is 174 g/mol. The predicted octanol–water partition coefficient (Wildman–Crippen LogP) is 2.24. The van der Waals surface area contributed by atoms with Gasteiger partial charge in [0.25, 0.3) is 0 Å². The second-order valence-corrected chi connectivity index (χ2v) is 5.36. The van der Waals surface area contributed by atoms with E-state index in [1.54, 1.807) is 0 Å². The fourth-order valence-electron chi connectivity index (χ4n) is 3.38. The van der Waals surface area contributed by atoms with Crippen LogP contribution in [-0.4, -0.2) is 11.9 Å². The first kappa shape index (κ1) is 8.75. The molecule has 1 heterocycles. The smallest absolute Gasteiger partial charge is 0.228 e. The molecule has 2 heteroatoms. The van der Waals surface area contributed by atoms with Gasteiger partial charge in [0.05, 0.1) is 5.41 Å². The molecular formula is C12H19NO. The van der Waals surface area contributed by atoms with Crippen LogP contribution in [-0.2, 0) is 4.79 Å². The van der Waals surface area contributed by atoms with E-state index in [1.165, 1.54) is 51.4 Å². The Bertz CT molecular complexity index is 249. The van der Waals surface area contributed by atoms with Crippen molar-refractivity contribution in [3.05, 3.63) is 0 Å². The summed E-state index contributed by atoms with van der Waals surface area (Å²) in [5.41, 5.74) is 0.0949. The Morgan fingerprint density at radius 1 is 1.07 bits per heavy atom. The summed E-state index contributed by atoms with van der Waals surface area (Å²) in [6.45, 7) is 0. The highest BCUT2D eigenvalue weighted by molar-refractivity contribution is 5.90. The number of hydrogen-bond acceptors (Lipinski definition) is 1. The molecule has 0 radical (unpaired) electrons. The van der Waals surface area contributed by atoms with Crippen LogP contribution >= 0.6 is 0 Å². The lowest BCUT2D eigenvalue weighted by atomic mass is 9.65. The molecule has 0 bridgehead atoms. The molecule has 0 aromatic heterocycles. The van der Waals surface area contributed by atoms with Gasteiger partial charge in [-0.2, -0.15) is 0 Å². The summed E-state index contributed by atoms with van der Waals surface area (Å²) in [5.74, 6) is 1.21. The SMILES string of the molecule is O=C1NC(C2CC2)C12CCCCCC2. The number of carbonyl (C=O) groups is 1. The topological polar surface area (TPSA) is 29.1 Å². The van der Waals surface area contributed by atoms with E-state index in [2.05, 4.69) is 5.32 Å². The van der Waals surface area contributed by atoms with E-state index in [-0.39, 0.29) is 5.41 Å². The molecule has 2 nitrogen and oxygen atoms in total. The molecule has 2 saturated carbocycles. The molecule has 3 fully saturated rings. The average Bonchev–Trinajstić information content (AvgIpc) is 3.01. The zero-order valence-corrected chi connectivity index (χ0v) is 8.72. The summed E-state index contributed by atoms with van der Waals surface area (Å²) in [6.07, 6.45) is 10.3. The monoisotopic (exact) mass is 193 g/mol. The van der Waals surface area contributed by atoms with Crippen molar-refractivity contribution in [1.29, 1.82) is 0 Å². The lowest BCUT2D eigenvalue weighted by molar-refractivity contribution is -0.148. The third kappa shape index (κ3) is 1.12. The minimum atomic E-state index is 0.0949. The number of rotatable bonds is 1. The molecule has 1 saturated heterocycles. The summed E-state index contributed by atoms with van der Waals surface area (Å²) in [7, 11) is 0. The molecule has 78 valence electrons. The van der Waals surface area contributed by atoms with Crippen molar-refractivity contribution < 1.29 is 4.79 Å². The molecule has 1 spiro atoms. The average molecular weight is 193 g/mol. The largest absolute Gasteiger partial charge is 0.351 e. The Morgan fingerprint density at radius 3 is 2.21 bits per heavy atom. The van der Waals surface area contributed by atoms with Crippen LogP contribution in [0.2, 0.25) is 0 Å². The van der Waals surface area contributed by atoms with Crippen molar-refractivity contribution >= 4 is 5.91 Å². The fourth-order valence-corrected chi connectivity index (χ4v) is 3.38. The first-order valence-electron chi connectivity index (χ1n) is 6.14. The fraction of sp³-hybridized carbons (Fsp3) is 0.917. The van der Waals surface area contributed by atoms with E-state index in [0.717, 1.165) is 5.92 Å². The summed E-state index contributed by atoms with van der Waals surface area (Å²) >= 11 is 0. The van der Waals surface area contributed by atoms with Crippen LogP contribution < -0.4 is 5.32 Å². The first-order valence-corrected chi connectivity index (χ1v) is 6.14. The third-order valence-corrected chi connectivity index (χ3v) is 4.42. The van der Waals surface area contributed by atoms with E-state index in [4.69, 9.17) is 0 Å². The van der Waals surface area contributed by atoms with Gasteiger partial charge in [0.1, 0.15) is 0 Å². The molecule has 0 aromatic rings. The highest BCUT2D eigenvalue weighted by Gasteiger charge is 2.58. The molecule has 14 heavy (non-hydrogen) atoms. The van der Waals surface area contributed by atoms with Crippen molar-refractivity contribution in [3.8, 4) is 0 Å². The molecule has 1 unspecified atom stereocenters. The first-order chi connectivity index (χ1) is 6.83. The second kappa shape index (κ2) is 2.98. The van der Waals surface area contributed by atoms with E-state index in [0.29, 0.717) is 11.9 Å². The Balaban J connectivity index is 1.79. The van der Waals surface area contributed by atoms with Gasteiger partial charge in [0.2, 0.25) is 5.91 Å². The van der Waals surface area contributed by atoms with Gasteiger partial charge in [-0.05, 0) is 31.6 Å². The van der Waals surface area contributed by atoms with Crippen LogP contribution in [0.5, 0.6) is 0 Å². The molecule has 2 aliphatic carbocycles. The van der Waals surface area contributed by atoms with Crippen molar-refractivity contribution in [2.45, 2.75) is 57.4 Å². The number of β-lactam (4-membered cyclic amide) rings is 1. The minimum Gasteiger partial charge on any atom is -0.351 e. The Labute approximate surface area is 85.4 Å². The molecule has 0 aromatic carbocycles. The lowest BCUT2D eigenvalue weighted by Gasteiger charge is -2.49. The van der Waals surface area contributed by atoms with Gasteiger partial charge >= 0.3 is 0 Å². The van der Waals surface area contributed by atoms with E-state index < -0.39 is 0 Å². The highest BCUT2D eigenvalue weighted by atomic mass is 16.2. The van der Waals surface area contributed by atoms with Gasteiger partial charge in [-0.15, -0.1) is 0 Å². The molecule has 3 aliphatic rings. The summed E-state index contributed by atoms with van der Waals surface area (Å²) in [5, 5.41) is 3.15. The summed E-state index contributed by atoms with van der Waals surface area (Å²) in [6, 6.07) is 0.563. The molecule has 1 N–H and O–H groups in total. The summed E-state index contributed by atoms with van der Waals surface area (Å²) in [4.78, 5) is 11.8. The molecule has 1 amide bonds. The van der Waals surface area contributed by atoms with Gasteiger partial charge in [-0.1, -0.05) is 25.7 Å². The van der Waals surface area contributed by atoms with Gasteiger partial charge in [-0.3, -0.25) is 4.79 Å². The quantitative estimate of drug-likeness (QED) is 0.636. The predicted molar refractivity (Wildman–Crippen MR) is 54.8 cm³/mol. The second-order valence-electron chi connectivity index (χ2n) is 5.36. The van der Waals surface area contributed by atoms with E-state index in [9.17, 15) is 4.79 Å². The van der Waals surface area contributed by atoms with Crippen molar-refractivity contribution in [2.75, 3.05) is 0 Å². The minimum absolute atomic E-state index is 0.0949. The maximum absolute atomic E-state index is 11.8. The maximum atomic E-state index is 11.8. The Kier molecular flexibility index (Phi) is 1.86. The van der Waals surface area contributed by atoms with Crippen LogP contribution in [0, 0.1) is 11.3 Å². The number of nitrogens with one attached hydrogen (secondary N) is 1. The standard InChI is InChI=1S/C12H19NO/c14-11-12(7-3-1-2-4-8-12)10(13-11)9-5-6-9/h9-10H,1-8H2,(H,13,14). The highest BCUT2D eigenvalue weighted by Crippen LogP contribution is 2.51. The number of carbonyl (C=O) groups excluding carboxylic acids is 1. The van der Waals surface area contributed by atoms with Gasteiger partial charge in [0.15, 0.2) is 0 Å². The van der Waals surface area contributed by atoms with Crippen LogP contribution in [0.4, 0.5) is 0 Å². The van der Waals surface area contributed by atoms with Crippen LogP contribution in [0.15, 0.2) is 0 Å². The van der Waals surface area contributed by atoms with Gasteiger partial charge in [0, 0.05) is 6.04 Å². The summed E-state index contributed by atoms with van der Waals surface area (Å²) < 4.78 is 0. The van der Waals surface area contributed by atoms with E-state index >= 15 is 0 Å². The zero-order chi connectivity index (χ0) is 9.60. The molecule has 3 rings (SSSR count). The number of hydrogen-bond donors (Lipinski definition) is 1. The van der Waals surface area contributed by atoms with Gasteiger partial charge < -0.3 is 5.32 Å². The van der Waals surface area contributed by atoms with E-state index in [1.807, 2.05) is 0 Å². The van der Waals surface area contributed by atoms with Crippen LogP contribution in [0.25, 0.3) is 0 Å². The maximum Gasteiger partial charge on any atom is 0.228 e. The van der Waals surface area contributed by atoms with Crippen LogP contribution in [0.3, 0.4) is 0 Å². The van der Waals surface area contributed by atoms with Crippen molar-refractivity contribution in [2.24, 2.45) is 11.3 Å². The Hall–Kier alpha value is -0.530. The van der Waals surface area contributed by atoms with Crippen molar-refractivity contribution in [1.82, 2.24) is 5.32 Å². The van der Waals surface area contributed by atoms with Crippen LogP contribution in [0.1, 0.15) is 51.4 Å². The number of amides is 1. The van der Waals surface area contributed by atoms with Gasteiger partial charge in [-0.25, -0.2) is 0 Å². The normalized spacial score (nSPS) is 36.0. The van der Waals surface area contributed by atoms with Crippen molar-refractivity contribution in [3.63, 3.8) is 0 Å². The molecule has 1 atom stereocenters. The lowest BCUT2D eigenvalue weighted by Crippen LogP contribution is -2.67. The zero-order valence-electron chi connectivity index (χ0n) is 8.72. The molecule has 1 aliphatic heterocycles. The Morgan fingerprint density at radius 2 is 1.71 bits per heavy atom. The third-order valence-electron chi connectivity index (χ3n) is 4.42.